The van der Waals surface area contributed by atoms with Gasteiger partial charge in [-0.2, -0.15) is 52.7 Å². The highest BCUT2D eigenvalue weighted by atomic mass is 35.5. The van der Waals surface area contributed by atoms with E-state index >= 15 is 0 Å². The Morgan fingerprint density at radius 3 is 1.40 bits per heavy atom. The summed E-state index contributed by atoms with van der Waals surface area (Å²) in [4.78, 5) is 12.5. The van der Waals surface area contributed by atoms with Crippen LogP contribution in [0, 0.1) is 18.4 Å². The number of halogens is 13. The van der Waals surface area contributed by atoms with Gasteiger partial charge >= 0.3 is 24.7 Å². The van der Waals surface area contributed by atoms with Crippen LogP contribution >= 0.6 is 12.4 Å². The molecule has 4 rings (SSSR count). The second-order valence-electron chi connectivity index (χ2n) is 10.2. The predicted octanol–water partition coefficient (Wildman–Crippen LogP) is 8.19. The maximum atomic E-state index is 13.0. The lowest BCUT2D eigenvalue weighted by Gasteiger charge is -2.35. The Morgan fingerprint density at radius 2 is 1.07 bits per heavy atom. The van der Waals surface area contributed by atoms with Gasteiger partial charge in [0.25, 0.3) is 5.82 Å². The molecule has 0 amide bonds. The van der Waals surface area contributed by atoms with E-state index in [2.05, 4.69) is 14.8 Å². The van der Waals surface area contributed by atoms with Crippen molar-refractivity contribution in [1.82, 2.24) is 9.97 Å². The monoisotopic (exact) mass is 686 g/mol. The number of piperidine rings is 2. The topological polar surface area (TPSA) is 62.6 Å². The molecular formula is C26H27ClF12N6. The fourth-order valence-corrected chi connectivity index (χ4v) is 4.95. The number of pyridine rings is 2. The zero-order valence-electron chi connectivity index (χ0n) is 23.1. The fraction of sp³-hybridized carbons (Fsp3) is 0.577. The van der Waals surface area contributed by atoms with Crippen molar-refractivity contribution in [3.05, 3.63) is 52.8 Å². The SMILES string of the molecule is Cl.NCc1cc(N2CCC(C(F)(F)F)CC2)c(C(F)(F)F)cn1.[C-]#[N+]c1cc(N2CCC(C(F)(F)F)CC2)c(C(F)(F)F)cn1. The number of nitrogens with zero attached hydrogens (tertiary/aromatic N) is 5. The second-order valence-corrected chi connectivity index (χ2v) is 10.2. The summed E-state index contributed by atoms with van der Waals surface area (Å²) in [6.45, 7) is 6.32. The van der Waals surface area contributed by atoms with E-state index in [1.54, 1.807) is 0 Å². The van der Waals surface area contributed by atoms with Crippen LogP contribution in [-0.4, -0.2) is 48.5 Å². The zero-order valence-corrected chi connectivity index (χ0v) is 23.9. The van der Waals surface area contributed by atoms with Gasteiger partial charge in [-0.05, 0) is 37.8 Å². The molecule has 45 heavy (non-hydrogen) atoms. The minimum atomic E-state index is -4.68. The molecule has 2 fully saturated rings. The van der Waals surface area contributed by atoms with Gasteiger partial charge in [0.2, 0.25) is 0 Å². The number of anilines is 2. The summed E-state index contributed by atoms with van der Waals surface area (Å²) < 4.78 is 154. The predicted molar refractivity (Wildman–Crippen MR) is 142 cm³/mol. The molecule has 252 valence electrons. The Bertz CT molecular complexity index is 1300. The number of aromatic nitrogens is 2. The normalized spacial score (nSPS) is 17.2. The van der Waals surface area contributed by atoms with Crippen LogP contribution in [0.3, 0.4) is 0 Å². The van der Waals surface area contributed by atoms with E-state index in [9.17, 15) is 52.7 Å². The summed E-state index contributed by atoms with van der Waals surface area (Å²) in [5.74, 6) is -3.19. The molecule has 0 unspecified atom stereocenters. The van der Waals surface area contributed by atoms with Gasteiger partial charge in [-0.3, -0.25) is 4.98 Å². The van der Waals surface area contributed by atoms with Crippen LogP contribution in [0.15, 0.2) is 24.5 Å². The minimum absolute atomic E-state index is 0. The zero-order chi connectivity index (χ0) is 33.1. The van der Waals surface area contributed by atoms with Gasteiger partial charge in [-0.25, -0.2) is 0 Å². The Labute approximate surface area is 255 Å². The lowest BCUT2D eigenvalue weighted by atomic mass is 9.95. The molecule has 2 aromatic rings. The summed E-state index contributed by atoms with van der Waals surface area (Å²) in [5, 5.41) is 0. The van der Waals surface area contributed by atoms with E-state index in [0.29, 0.717) is 12.4 Å². The average Bonchev–Trinajstić information content (AvgIpc) is 2.95. The van der Waals surface area contributed by atoms with Gasteiger partial charge < -0.3 is 20.4 Å². The van der Waals surface area contributed by atoms with Gasteiger partial charge in [0, 0.05) is 44.6 Å². The van der Waals surface area contributed by atoms with Gasteiger partial charge in [0.15, 0.2) is 0 Å². The largest absolute Gasteiger partial charge is 0.421 e. The first-order valence-electron chi connectivity index (χ1n) is 13.1. The van der Waals surface area contributed by atoms with Gasteiger partial charge in [-0.15, -0.1) is 17.4 Å². The fourth-order valence-electron chi connectivity index (χ4n) is 4.95. The van der Waals surface area contributed by atoms with Crippen LogP contribution in [0.25, 0.3) is 4.85 Å². The molecule has 0 saturated carbocycles. The molecule has 0 spiro atoms. The van der Waals surface area contributed by atoms with Crippen LogP contribution in [0.4, 0.5) is 69.9 Å². The Balaban J connectivity index is 0.000000307. The second kappa shape index (κ2) is 14.5. The van der Waals surface area contributed by atoms with Crippen LogP contribution < -0.4 is 15.5 Å². The molecule has 0 radical (unpaired) electrons. The van der Waals surface area contributed by atoms with Crippen molar-refractivity contribution in [2.75, 3.05) is 36.0 Å². The first-order valence-corrected chi connectivity index (χ1v) is 13.1. The molecule has 6 nitrogen and oxygen atoms in total. The highest BCUT2D eigenvalue weighted by Gasteiger charge is 2.44. The van der Waals surface area contributed by atoms with E-state index in [1.807, 2.05) is 0 Å². The van der Waals surface area contributed by atoms with E-state index in [-0.39, 0.29) is 93.7 Å². The highest BCUT2D eigenvalue weighted by molar-refractivity contribution is 5.85. The van der Waals surface area contributed by atoms with E-state index < -0.39 is 47.7 Å². The summed E-state index contributed by atoms with van der Waals surface area (Å²) in [5.41, 5.74) is 3.22. The lowest BCUT2D eigenvalue weighted by Crippen LogP contribution is -2.39. The number of rotatable bonds is 3. The summed E-state index contributed by atoms with van der Waals surface area (Å²) in [6.07, 6.45) is -17.7. The van der Waals surface area contributed by atoms with Gasteiger partial charge in [0.05, 0.1) is 28.8 Å². The Morgan fingerprint density at radius 1 is 0.689 bits per heavy atom. The van der Waals surface area contributed by atoms with Gasteiger partial charge in [-0.1, -0.05) is 6.57 Å². The summed E-state index contributed by atoms with van der Waals surface area (Å²) >= 11 is 0. The molecule has 0 aliphatic carbocycles. The van der Waals surface area contributed by atoms with Crippen molar-refractivity contribution in [1.29, 1.82) is 0 Å². The van der Waals surface area contributed by atoms with Crippen LogP contribution in [0.5, 0.6) is 0 Å². The first-order chi connectivity index (χ1) is 20.3. The molecule has 2 N–H and O–H groups in total. The minimum Gasteiger partial charge on any atom is -0.372 e. The van der Waals surface area contributed by atoms with E-state index in [0.717, 1.165) is 6.07 Å². The van der Waals surface area contributed by atoms with Crippen molar-refractivity contribution >= 4 is 29.6 Å². The maximum absolute atomic E-state index is 13.0. The number of hydrogen-bond acceptors (Lipinski definition) is 5. The number of hydrogen-bond donors (Lipinski definition) is 1. The van der Waals surface area contributed by atoms with Crippen molar-refractivity contribution in [3.8, 4) is 0 Å². The van der Waals surface area contributed by atoms with Crippen LogP contribution in [0.2, 0.25) is 0 Å². The Kier molecular flexibility index (Phi) is 12.2. The molecular weight excluding hydrogens is 660 g/mol. The third kappa shape index (κ3) is 9.89. The molecule has 2 aliphatic rings. The molecule has 2 saturated heterocycles. The molecule has 4 heterocycles. The molecule has 0 aromatic carbocycles. The van der Waals surface area contributed by atoms with Crippen molar-refractivity contribution in [3.63, 3.8) is 0 Å². The molecule has 0 bridgehead atoms. The van der Waals surface area contributed by atoms with Crippen molar-refractivity contribution in [2.45, 2.75) is 56.9 Å². The lowest BCUT2D eigenvalue weighted by molar-refractivity contribution is -0.179. The molecule has 0 atom stereocenters. The molecule has 2 aromatic heterocycles. The maximum Gasteiger partial charge on any atom is 0.421 e. The standard InChI is InChI=1S/C13H11F6N3.C13H15F6N3.ClH/c1-20-11-6-10(9(7-21-11)13(17,18)19)22-4-2-8(3-5-22)12(14,15)16;14-12(15,16)8-1-3-22(4-2-8)11-5-9(6-20)21-7-10(11)13(17,18)19;/h6-8H,2-5H2;5,7-8H,1-4,6,20H2;1H. The number of nitrogens with two attached hydrogens (primary N) is 1. The smallest absolute Gasteiger partial charge is 0.372 e. The third-order valence-electron chi connectivity index (χ3n) is 7.34. The molecule has 2 aliphatic heterocycles. The molecule has 19 heteroatoms. The summed E-state index contributed by atoms with van der Waals surface area (Å²) in [7, 11) is 0. The summed E-state index contributed by atoms with van der Waals surface area (Å²) in [6, 6.07) is 2.18. The Hall–Kier alpha value is -3.20. The third-order valence-corrected chi connectivity index (χ3v) is 7.34. The average molecular weight is 687 g/mol. The highest BCUT2D eigenvalue weighted by Crippen LogP contribution is 2.42. The van der Waals surface area contributed by atoms with E-state index in [1.165, 1.54) is 15.9 Å². The number of alkyl halides is 12. The van der Waals surface area contributed by atoms with Crippen LogP contribution in [0.1, 0.15) is 42.5 Å². The van der Waals surface area contributed by atoms with Crippen molar-refractivity contribution < 1.29 is 52.7 Å². The first kappa shape index (κ1) is 38.0. The quantitative estimate of drug-likeness (QED) is 0.261. The van der Waals surface area contributed by atoms with E-state index in [4.69, 9.17) is 12.3 Å². The van der Waals surface area contributed by atoms with Gasteiger partial charge in [0.1, 0.15) is 11.8 Å². The van der Waals surface area contributed by atoms with Crippen LogP contribution in [-0.2, 0) is 18.9 Å². The van der Waals surface area contributed by atoms with Crippen molar-refractivity contribution in [2.24, 2.45) is 17.6 Å².